The molecule has 0 fully saturated rings. The molecule has 0 bridgehead atoms. The molecule has 122 valence electrons. The third-order valence-electron chi connectivity index (χ3n) is 3.36. The van der Waals surface area contributed by atoms with Gasteiger partial charge in [0.05, 0.1) is 11.6 Å². The van der Waals surface area contributed by atoms with Gasteiger partial charge in [-0.05, 0) is 42.5 Å². The Hall–Kier alpha value is -3.20. The topological polar surface area (TPSA) is 73.2 Å². The van der Waals surface area contributed by atoms with Crippen molar-refractivity contribution in [3.63, 3.8) is 0 Å². The molecule has 24 heavy (non-hydrogen) atoms. The number of rotatable bonds is 5. The average molecular weight is 325 g/mol. The molecule has 0 aliphatic carbocycles. The Morgan fingerprint density at radius 1 is 1.21 bits per heavy atom. The van der Waals surface area contributed by atoms with Crippen molar-refractivity contribution in [1.82, 2.24) is 0 Å². The summed E-state index contributed by atoms with van der Waals surface area (Å²) < 4.78 is 13.0. The van der Waals surface area contributed by atoms with E-state index in [1.807, 2.05) is 6.07 Å². The molecule has 2 aromatic rings. The highest BCUT2D eigenvalue weighted by Crippen LogP contribution is 2.16. The van der Waals surface area contributed by atoms with E-state index >= 15 is 0 Å². The zero-order valence-corrected chi connectivity index (χ0v) is 13.1. The van der Waals surface area contributed by atoms with Crippen molar-refractivity contribution in [2.45, 2.75) is 13.3 Å². The normalized spacial score (nSPS) is 9.88. The van der Waals surface area contributed by atoms with Gasteiger partial charge in [-0.1, -0.05) is 6.07 Å². The first-order chi connectivity index (χ1) is 11.5. The Morgan fingerprint density at radius 2 is 1.92 bits per heavy atom. The number of hydrogen-bond donors (Lipinski definition) is 1. The van der Waals surface area contributed by atoms with Crippen molar-refractivity contribution >= 4 is 23.2 Å². The van der Waals surface area contributed by atoms with Gasteiger partial charge in [0.15, 0.2) is 0 Å². The number of anilines is 2. The molecule has 2 rings (SSSR count). The first kappa shape index (κ1) is 17.2. The van der Waals surface area contributed by atoms with Crippen LogP contribution in [0.4, 0.5) is 15.8 Å². The second-order valence-corrected chi connectivity index (χ2v) is 5.14. The highest BCUT2D eigenvalue weighted by Gasteiger charge is 2.13. The molecule has 6 heteroatoms. The monoisotopic (exact) mass is 325 g/mol. The van der Waals surface area contributed by atoms with Crippen molar-refractivity contribution in [2.24, 2.45) is 0 Å². The minimum Gasteiger partial charge on any atom is -0.326 e. The summed E-state index contributed by atoms with van der Waals surface area (Å²) in [4.78, 5) is 25.2. The van der Waals surface area contributed by atoms with E-state index in [0.717, 1.165) is 0 Å². The summed E-state index contributed by atoms with van der Waals surface area (Å²) in [5, 5.41) is 11.5. The SMILES string of the molecule is CC(=O)N(CCC(=O)Nc1cccc(C#N)c1)c1ccc(F)cc1. The van der Waals surface area contributed by atoms with Crippen molar-refractivity contribution in [1.29, 1.82) is 5.26 Å². The highest BCUT2D eigenvalue weighted by atomic mass is 19.1. The van der Waals surface area contributed by atoms with Crippen LogP contribution in [0.5, 0.6) is 0 Å². The molecule has 0 atom stereocenters. The first-order valence-corrected chi connectivity index (χ1v) is 7.33. The van der Waals surface area contributed by atoms with Crippen molar-refractivity contribution in [2.75, 3.05) is 16.8 Å². The summed E-state index contributed by atoms with van der Waals surface area (Å²) in [7, 11) is 0. The first-order valence-electron chi connectivity index (χ1n) is 7.33. The molecule has 0 radical (unpaired) electrons. The Balaban J connectivity index is 1.98. The van der Waals surface area contributed by atoms with Gasteiger partial charge < -0.3 is 10.2 Å². The Morgan fingerprint density at radius 3 is 2.54 bits per heavy atom. The maximum atomic E-state index is 13.0. The zero-order valence-electron chi connectivity index (χ0n) is 13.1. The summed E-state index contributed by atoms with van der Waals surface area (Å²) in [6, 6.07) is 14.1. The molecule has 0 aliphatic heterocycles. The van der Waals surface area contributed by atoms with Crippen LogP contribution >= 0.6 is 0 Å². The summed E-state index contributed by atoms with van der Waals surface area (Å²) in [5.74, 6) is -0.906. The van der Waals surface area contributed by atoms with E-state index in [9.17, 15) is 14.0 Å². The largest absolute Gasteiger partial charge is 0.326 e. The zero-order chi connectivity index (χ0) is 17.5. The number of nitrogens with one attached hydrogen (secondary N) is 1. The molecule has 5 nitrogen and oxygen atoms in total. The van der Waals surface area contributed by atoms with Crippen molar-refractivity contribution < 1.29 is 14.0 Å². The van der Waals surface area contributed by atoms with Crippen molar-refractivity contribution in [3.05, 3.63) is 59.9 Å². The quantitative estimate of drug-likeness (QED) is 0.918. The minimum absolute atomic E-state index is 0.0771. The van der Waals surface area contributed by atoms with Crippen LogP contribution in [0, 0.1) is 17.1 Å². The van der Waals surface area contributed by atoms with Gasteiger partial charge in [0, 0.05) is 31.3 Å². The molecule has 1 N–H and O–H groups in total. The second-order valence-electron chi connectivity index (χ2n) is 5.14. The predicted molar refractivity (Wildman–Crippen MR) is 88.8 cm³/mol. The fourth-order valence-electron chi connectivity index (χ4n) is 2.19. The number of amides is 2. The fraction of sp³-hybridized carbons (Fsp3) is 0.167. The van der Waals surface area contributed by atoms with Gasteiger partial charge in [0.2, 0.25) is 11.8 Å². The van der Waals surface area contributed by atoms with E-state index in [1.54, 1.807) is 24.3 Å². The van der Waals surface area contributed by atoms with Gasteiger partial charge in [-0.25, -0.2) is 4.39 Å². The van der Waals surface area contributed by atoms with E-state index in [4.69, 9.17) is 5.26 Å². The number of hydrogen-bond acceptors (Lipinski definition) is 3. The summed E-state index contributed by atoms with van der Waals surface area (Å²) in [6.07, 6.45) is 0.0771. The number of carbonyl (C=O) groups is 2. The summed E-state index contributed by atoms with van der Waals surface area (Å²) in [5.41, 5.74) is 1.50. The molecule has 2 aromatic carbocycles. The summed E-state index contributed by atoms with van der Waals surface area (Å²) in [6.45, 7) is 1.56. The molecule has 0 aromatic heterocycles. The lowest BCUT2D eigenvalue weighted by molar-refractivity contribution is -0.117. The van der Waals surface area contributed by atoms with Gasteiger partial charge in [-0.2, -0.15) is 5.26 Å². The molecule has 0 saturated heterocycles. The maximum Gasteiger partial charge on any atom is 0.226 e. The van der Waals surface area contributed by atoms with E-state index in [-0.39, 0.29) is 24.8 Å². The van der Waals surface area contributed by atoms with Gasteiger partial charge in [-0.3, -0.25) is 9.59 Å². The van der Waals surface area contributed by atoms with Crippen LogP contribution in [0.2, 0.25) is 0 Å². The van der Waals surface area contributed by atoms with Gasteiger partial charge in [0.1, 0.15) is 5.82 Å². The second kappa shape index (κ2) is 7.88. The lowest BCUT2D eigenvalue weighted by Gasteiger charge is -2.21. The number of nitriles is 1. The Labute approximate surface area is 139 Å². The smallest absolute Gasteiger partial charge is 0.226 e. The number of halogens is 1. The lowest BCUT2D eigenvalue weighted by atomic mass is 10.2. The third-order valence-corrected chi connectivity index (χ3v) is 3.36. The van der Waals surface area contributed by atoms with Gasteiger partial charge >= 0.3 is 0 Å². The van der Waals surface area contributed by atoms with Crippen LogP contribution in [-0.4, -0.2) is 18.4 Å². The van der Waals surface area contributed by atoms with Crippen LogP contribution in [-0.2, 0) is 9.59 Å². The highest BCUT2D eigenvalue weighted by molar-refractivity contribution is 5.94. The Bertz CT molecular complexity index is 782. The number of nitrogens with zero attached hydrogens (tertiary/aromatic N) is 2. The van der Waals surface area contributed by atoms with E-state index in [0.29, 0.717) is 16.9 Å². The molecule has 0 heterocycles. The minimum atomic E-state index is -0.391. The molecule has 2 amide bonds. The maximum absolute atomic E-state index is 13.0. The number of carbonyl (C=O) groups excluding carboxylic acids is 2. The molecule has 0 spiro atoms. The fourth-order valence-corrected chi connectivity index (χ4v) is 2.19. The Kier molecular flexibility index (Phi) is 5.63. The summed E-state index contributed by atoms with van der Waals surface area (Å²) >= 11 is 0. The molecule has 0 unspecified atom stereocenters. The third kappa shape index (κ3) is 4.65. The van der Waals surface area contributed by atoms with E-state index < -0.39 is 5.82 Å². The van der Waals surface area contributed by atoms with Crippen molar-refractivity contribution in [3.8, 4) is 6.07 Å². The van der Waals surface area contributed by atoms with Crippen LogP contribution in [0.25, 0.3) is 0 Å². The van der Waals surface area contributed by atoms with Gasteiger partial charge in [0.25, 0.3) is 0 Å². The van der Waals surface area contributed by atoms with Crippen LogP contribution in [0.3, 0.4) is 0 Å². The lowest BCUT2D eigenvalue weighted by Crippen LogP contribution is -2.31. The van der Waals surface area contributed by atoms with Gasteiger partial charge in [-0.15, -0.1) is 0 Å². The van der Waals surface area contributed by atoms with Crippen LogP contribution < -0.4 is 10.2 Å². The standard InChI is InChI=1S/C18H16FN3O2/c1-13(23)22(17-7-5-15(19)6-8-17)10-9-18(24)21-16-4-2-3-14(11-16)12-20/h2-8,11H,9-10H2,1H3,(H,21,24). The molecular weight excluding hydrogens is 309 g/mol. The van der Waals surface area contributed by atoms with Crippen LogP contribution in [0.15, 0.2) is 48.5 Å². The van der Waals surface area contributed by atoms with E-state index in [2.05, 4.69) is 5.32 Å². The predicted octanol–water partition coefficient (Wildman–Crippen LogP) is 3.08. The van der Waals surface area contributed by atoms with E-state index in [1.165, 1.54) is 36.1 Å². The van der Waals surface area contributed by atoms with Crippen LogP contribution in [0.1, 0.15) is 18.9 Å². The number of benzene rings is 2. The molecule has 0 saturated carbocycles. The molecular formula is C18H16FN3O2. The average Bonchev–Trinajstić information content (AvgIpc) is 2.56. The molecule has 0 aliphatic rings.